The SMILES string of the molecule is Cc1ccc(P(Br)(Br)(c2ccccc2)c2ccccc2)cc1. The molecule has 0 bridgehead atoms. The van der Waals surface area contributed by atoms with Crippen LogP contribution in [0.4, 0.5) is 0 Å². The van der Waals surface area contributed by atoms with Gasteiger partial charge in [0.1, 0.15) is 0 Å². The molecule has 0 radical (unpaired) electrons. The molecular formula is C19H17Br2P. The Morgan fingerprint density at radius 3 is 1.32 bits per heavy atom. The molecule has 3 heteroatoms. The van der Waals surface area contributed by atoms with Gasteiger partial charge in [-0.05, 0) is 0 Å². The van der Waals surface area contributed by atoms with E-state index in [4.69, 9.17) is 0 Å². The average Bonchev–Trinajstić information content (AvgIpc) is 2.57. The van der Waals surface area contributed by atoms with Gasteiger partial charge >= 0.3 is 148 Å². The fourth-order valence-electron chi connectivity index (χ4n) is 2.63. The van der Waals surface area contributed by atoms with Crippen LogP contribution in [0.2, 0.25) is 0 Å². The van der Waals surface area contributed by atoms with Gasteiger partial charge in [0, 0.05) is 0 Å². The Morgan fingerprint density at radius 1 is 0.545 bits per heavy atom. The van der Waals surface area contributed by atoms with Gasteiger partial charge in [0.25, 0.3) is 0 Å². The molecule has 3 aromatic carbocycles. The first-order valence-electron chi connectivity index (χ1n) is 7.15. The maximum absolute atomic E-state index is 4.19. The molecule has 0 aliphatic heterocycles. The van der Waals surface area contributed by atoms with Crippen LogP contribution in [0.1, 0.15) is 5.56 Å². The molecule has 0 amide bonds. The quantitative estimate of drug-likeness (QED) is 0.480. The van der Waals surface area contributed by atoms with Crippen molar-refractivity contribution in [2.45, 2.75) is 6.92 Å². The molecule has 0 spiro atoms. The molecular weight excluding hydrogens is 419 g/mol. The number of rotatable bonds is 3. The second-order valence-corrected chi connectivity index (χ2v) is 20.1. The number of aryl methyl sites for hydroxylation is 1. The summed E-state index contributed by atoms with van der Waals surface area (Å²) in [4.78, 5) is 0. The van der Waals surface area contributed by atoms with E-state index in [1.54, 1.807) is 0 Å². The van der Waals surface area contributed by atoms with Gasteiger partial charge in [-0.2, -0.15) is 0 Å². The molecule has 0 saturated carbocycles. The van der Waals surface area contributed by atoms with Gasteiger partial charge in [-0.1, -0.05) is 0 Å². The van der Waals surface area contributed by atoms with Crippen molar-refractivity contribution in [3.8, 4) is 0 Å². The molecule has 22 heavy (non-hydrogen) atoms. The molecule has 0 saturated heterocycles. The molecule has 0 N–H and O–H groups in total. The van der Waals surface area contributed by atoms with Crippen LogP contribution in [-0.2, 0) is 0 Å². The van der Waals surface area contributed by atoms with E-state index in [9.17, 15) is 0 Å². The third-order valence-corrected chi connectivity index (χ3v) is 14.9. The third-order valence-electron chi connectivity index (χ3n) is 3.91. The summed E-state index contributed by atoms with van der Waals surface area (Å²) in [5, 5.41) is 3.81. The molecule has 3 aromatic rings. The van der Waals surface area contributed by atoms with Crippen LogP contribution in [0.5, 0.6) is 0 Å². The zero-order valence-corrected chi connectivity index (χ0v) is 16.4. The van der Waals surface area contributed by atoms with Gasteiger partial charge in [0.15, 0.2) is 0 Å². The number of halogens is 2. The Kier molecular flexibility index (Phi) is 4.29. The van der Waals surface area contributed by atoms with E-state index in [1.165, 1.54) is 21.5 Å². The molecule has 0 heterocycles. The number of hydrogen-bond donors (Lipinski definition) is 0. The molecule has 0 fully saturated rings. The first kappa shape index (κ1) is 15.9. The van der Waals surface area contributed by atoms with Gasteiger partial charge in [-0.15, -0.1) is 0 Å². The summed E-state index contributed by atoms with van der Waals surface area (Å²) < 4.78 is -2.77. The number of benzene rings is 3. The van der Waals surface area contributed by atoms with Crippen LogP contribution < -0.4 is 15.9 Å². The fraction of sp³-hybridized carbons (Fsp3) is 0.0526. The van der Waals surface area contributed by atoms with Crippen molar-refractivity contribution < 1.29 is 0 Å². The van der Waals surface area contributed by atoms with Gasteiger partial charge in [0.2, 0.25) is 0 Å². The van der Waals surface area contributed by atoms with E-state index in [2.05, 4.69) is 123 Å². The van der Waals surface area contributed by atoms with Crippen molar-refractivity contribution in [3.05, 3.63) is 90.5 Å². The van der Waals surface area contributed by atoms with E-state index in [0.717, 1.165) is 0 Å². The zero-order chi connectivity index (χ0) is 15.7. The fourth-order valence-corrected chi connectivity index (χ4v) is 9.85. The Labute approximate surface area is 148 Å². The summed E-state index contributed by atoms with van der Waals surface area (Å²) in [5.74, 6) is 0. The van der Waals surface area contributed by atoms with Crippen LogP contribution in [0.3, 0.4) is 0 Å². The van der Waals surface area contributed by atoms with Crippen LogP contribution in [0.15, 0.2) is 84.9 Å². The topological polar surface area (TPSA) is 0 Å². The predicted molar refractivity (Wildman–Crippen MR) is 108 cm³/mol. The molecule has 0 unspecified atom stereocenters. The number of hydrogen-bond acceptors (Lipinski definition) is 0. The normalized spacial score (nSPS) is 13.3. The maximum atomic E-state index is 4.19. The van der Waals surface area contributed by atoms with Gasteiger partial charge in [0.05, 0.1) is 0 Å². The summed E-state index contributed by atoms with van der Waals surface area (Å²) in [5.41, 5.74) is 1.27. The van der Waals surface area contributed by atoms with Crippen molar-refractivity contribution >= 4 is 50.9 Å². The first-order valence-corrected chi connectivity index (χ1v) is 13.4. The molecule has 0 aliphatic rings. The van der Waals surface area contributed by atoms with E-state index in [0.29, 0.717) is 0 Å². The first-order chi connectivity index (χ1) is 10.5. The molecule has 0 nitrogen and oxygen atoms in total. The van der Waals surface area contributed by atoms with Crippen molar-refractivity contribution in [2.75, 3.05) is 0 Å². The second-order valence-electron chi connectivity index (χ2n) is 5.41. The van der Waals surface area contributed by atoms with Crippen LogP contribution in [0, 0.1) is 6.92 Å². The predicted octanol–water partition coefficient (Wildman–Crippen LogP) is 5.44. The Bertz CT molecular complexity index is 722. The summed E-state index contributed by atoms with van der Waals surface area (Å²) >= 11 is 8.37. The molecule has 0 atom stereocenters. The van der Waals surface area contributed by atoms with Crippen molar-refractivity contribution in [1.82, 2.24) is 0 Å². The van der Waals surface area contributed by atoms with E-state index < -0.39 is 4.01 Å². The summed E-state index contributed by atoms with van der Waals surface area (Å²) in [7, 11) is 0. The van der Waals surface area contributed by atoms with Crippen molar-refractivity contribution in [1.29, 1.82) is 0 Å². The van der Waals surface area contributed by atoms with E-state index in [1.807, 2.05) is 0 Å². The van der Waals surface area contributed by atoms with Crippen LogP contribution in [-0.4, -0.2) is 0 Å². The molecule has 0 aromatic heterocycles. The Morgan fingerprint density at radius 2 is 0.909 bits per heavy atom. The second kappa shape index (κ2) is 5.92. The van der Waals surface area contributed by atoms with Crippen LogP contribution >= 0.6 is 35.0 Å². The third kappa shape index (κ3) is 2.58. The molecule has 112 valence electrons. The summed E-state index contributed by atoms with van der Waals surface area (Å²) in [6, 6.07) is 30.0. The summed E-state index contributed by atoms with van der Waals surface area (Å²) in [6.45, 7) is 2.12. The Hall–Kier alpha value is -0.950. The Balaban J connectivity index is 2.34. The zero-order valence-electron chi connectivity index (χ0n) is 12.3. The van der Waals surface area contributed by atoms with Crippen molar-refractivity contribution in [3.63, 3.8) is 0 Å². The average molecular weight is 436 g/mol. The monoisotopic (exact) mass is 434 g/mol. The van der Waals surface area contributed by atoms with Crippen molar-refractivity contribution in [2.24, 2.45) is 0 Å². The van der Waals surface area contributed by atoms with Gasteiger partial charge in [-0.3, -0.25) is 0 Å². The molecule has 3 rings (SSSR count). The van der Waals surface area contributed by atoms with Gasteiger partial charge < -0.3 is 0 Å². The van der Waals surface area contributed by atoms with E-state index >= 15 is 0 Å². The standard InChI is InChI=1S/C19H17Br2P/c1-16-12-14-19(15-13-16)22(20,21,17-8-4-2-5-9-17)18-10-6-3-7-11-18/h2-15H,1H3. The van der Waals surface area contributed by atoms with Gasteiger partial charge in [-0.25, -0.2) is 0 Å². The van der Waals surface area contributed by atoms with E-state index in [-0.39, 0.29) is 0 Å². The minimum absolute atomic E-state index is 1.27. The minimum atomic E-state index is -2.77. The molecule has 0 aliphatic carbocycles. The summed E-state index contributed by atoms with van der Waals surface area (Å²) in [6.07, 6.45) is 0. The van der Waals surface area contributed by atoms with Crippen LogP contribution in [0.25, 0.3) is 0 Å².